The molecule has 0 saturated carbocycles. The van der Waals surface area contributed by atoms with E-state index in [0.717, 1.165) is 23.4 Å². The number of amides is 1. The third-order valence-electron chi connectivity index (χ3n) is 4.29. The molecule has 2 N–H and O–H groups in total. The normalized spacial score (nSPS) is 10.9. The van der Waals surface area contributed by atoms with Gasteiger partial charge in [0.1, 0.15) is 0 Å². The molecule has 150 valence electrons. The van der Waals surface area contributed by atoms with Gasteiger partial charge in [-0.1, -0.05) is 13.8 Å². The Morgan fingerprint density at radius 1 is 1.29 bits per heavy atom. The first-order valence-electron chi connectivity index (χ1n) is 9.08. The van der Waals surface area contributed by atoms with E-state index in [9.17, 15) is 19.7 Å². The van der Waals surface area contributed by atoms with Crippen LogP contribution in [0.2, 0.25) is 0 Å². The average molecular weight is 404 g/mol. The Hall–Kier alpha value is -2.61. The number of aromatic nitrogens is 1. The minimum Gasteiger partial charge on any atom is -0.348 e. The van der Waals surface area contributed by atoms with Gasteiger partial charge in [0.25, 0.3) is 17.2 Å². The highest BCUT2D eigenvalue weighted by atomic mass is 32.2. The Balaban J connectivity index is 2.14. The molecular formula is C20H25N3O4S. The van der Waals surface area contributed by atoms with Crippen LogP contribution in [0.5, 0.6) is 0 Å². The number of carbonyl (C=O) groups excluding carboxylic acids is 1. The van der Waals surface area contributed by atoms with Gasteiger partial charge >= 0.3 is 0 Å². The Kier molecular flexibility index (Phi) is 7.39. The second kappa shape index (κ2) is 9.54. The topological polar surface area (TPSA) is 105 Å². The molecule has 1 aromatic heterocycles. The van der Waals surface area contributed by atoms with E-state index in [2.05, 4.69) is 24.1 Å². The molecule has 0 radical (unpaired) electrons. The highest BCUT2D eigenvalue weighted by Crippen LogP contribution is 2.31. The standard InChI is InChI=1S/C20H25N3O4S/c1-12(2)7-8-28-18-6-5-15(10-17(18)23(26)27)19(24)21-11-16-13(3)9-14(4)22-20(16)25/h5-6,9-10,12H,7-8,11H2,1-4H3,(H,21,24)(H,22,25). The van der Waals surface area contributed by atoms with Crippen LogP contribution in [-0.2, 0) is 6.54 Å². The number of pyridine rings is 1. The number of benzene rings is 1. The van der Waals surface area contributed by atoms with Crippen LogP contribution in [0.1, 0.15) is 47.4 Å². The maximum absolute atomic E-state index is 12.4. The zero-order chi connectivity index (χ0) is 20.8. The van der Waals surface area contributed by atoms with Gasteiger partial charge in [0.2, 0.25) is 0 Å². The molecule has 1 amide bonds. The van der Waals surface area contributed by atoms with E-state index in [0.29, 0.717) is 16.4 Å². The van der Waals surface area contributed by atoms with Crippen LogP contribution < -0.4 is 10.9 Å². The van der Waals surface area contributed by atoms with E-state index < -0.39 is 10.8 Å². The van der Waals surface area contributed by atoms with Gasteiger partial charge in [-0.25, -0.2) is 0 Å². The number of thioether (sulfide) groups is 1. The Labute approximate surface area is 168 Å². The van der Waals surface area contributed by atoms with E-state index in [1.807, 2.05) is 6.07 Å². The van der Waals surface area contributed by atoms with E-state index in [1.165, 1.54) is 17.8 Å². The summed E-state index contributed by atoms with van der Waals surface area (Å²) in [6.07, 6.45) is 0.953. The van der Waals surface area contributed by atoms with Crippen LogP contribution in [0, 0.1) is 29.9 Å². The number of carbonyl (C=O) groups is 1. The molecule has 1 heterocycles. The molecule has 7 nitrogen and oxygen atoms in total. The molecule has 0 atom stereocenters. The second-order valence-electron chi connectivity index (χ2n) is 7.10. The lowest BCUT2D eigenvalue weighted by molar-refractivity contribution is -0.387. The first-order valence-corrected chi connectivity index (χ1v) is 10.1. The summed E-state index contributed by atoms with van der Waals surface area (Å²) in [6, 6.07) is 6.31. The fourth-order valence-electron chi connectivity index (χ4n) is 2.70. The van der Waals surface area contributed by atoms with Crippen molar-refractivity contribution >= 4 is 23.4 Å². The van der Waals surface area contributed by atoms with Crippen LogP contribution in [-0.4, -0.2) is 21.6 Å². The predicted molar refractivity (Wildman–Crippen MR) is 111 cm³/mol. The van der Waals surface area contributed by atoms with Crippen LogP contribution in [0.4, 0.5) is 5.69 Å². The monoisotopic (exact) mass is 403 g/mol. The number of nitro benzene ring substituents is 1. The number of nitrogens with one attached hydrogen (secondary N) is 2. The zero-order valence-electron chi connectivity index (χ0n) is 16.5. The molecule has 8 heteroatoms. The number of H-pyrrole nitrogens is 1. The number of aryl methyl sites for hydroxylation is 2. The van der Waals surface area contributed by atoms with Gasteiger partial charge in [-0.3, -0.25) is 19.7 Å². The summed E-state index contributed by atoms with van der Waals surface area (Å²) in [5, 5.41) is 14.1. The predicted octanol–water partition coefficient (Wildman–Crippen LogP) is 3.97. The third kappa shape index (κ3) is 5.69. The van der Waals surface area contributed by atoms with Gasteiger partial charge in [0.15, 0.2) is 0 Å². The van der Waals surface area contributed by atoms with E-state index in [-0.39, 0.29) is 23.4 Å². The van der Waals surface area contributed by atoms with Gasteiger partial charge < -0.3 is 10.3 Å². The largest absolute Gasteiger partial charge is 0.348 e. The molecule has 0 saturated heterocycles. The number of nitrogens with zero attached hydrogens (tertiary/aromatic N) is 1. The third-order valence-corrected chi connectivity index (χ3v) is 5.39. The van der Waals surface area contributed by atoms with E-state index in [1.54, 1.807) is 26.0 Å². The lowest BCUT2D eigenvalue weighted by Crippen LogP contribution is -2.28. The molecule has 0 aliphatic carbocycles. The van der Waals surface area contributed by atoms with Gasteiger partial charge in [0, 0.05) is 29.4 Å². The molecule has 0 spiro atoms. The van der Waals surface area contributed by atoms with Crippen LogP contribution in [0.25, 0.3) is 0 Å². The maximum atomic E-state index is 12.4. The lowest BCUT2D eigenvalue weighted by atomic mass is 10.1. The van der Waals surface area contributed by atoms with Gasteiger partial charge in [0.05, 0.1) is 9.82 Å². The van der Waals surface area contributed by atoms with Crippen molar-refractivity contribution in [1.82, 2.24) is 10.3 Å². The smallest absolute Gasteiger partial charge is 0.283 e. The number of aromatic amines is 1. The van der Waals surface area contributed by atoms with Crippen molar-refractivity contribution in [3.63, 3.8) is 0 Å². The summed E-state index contributed by atoms with van der Waals surface area (Å²) in [5.41, 5.74) is 1.87. The van der Waals surface area contributed by atoms with Crippen LogP contribution >= 0.6 is 11.8 Å². The second-order valence-corrected chi connectivity index (χ2v) is 8.23. The van der Waals surface area contributed by atoms with Crippen molar-refractivity contribution in [3.05, 3.63) is 67.1 Å². The van der Waals surface area contributed by atoms with Crippen molar-refractivity contribution in [2.45, 2.75) is 45.6 Å². The fourth-order valence-corrected chi connectivity index (χ4v) is 3.95. The summed E-state index contributed by atoms with van der Waals surface area (Å²) in [6.45, 7) is 7.85. The summed E-state index contributed by atoms with van der Waals surface area (Å²) in [5.74, 6) is 0.839. The van der Waals surface area contributed by atoms with Crippen LogP contribution in [0.15, 0.2) is 34.0 Å². The molecule has 0 bridgehead atoms. The maximum Gasteiger partial charge on any atom is 0.283 e. The number of nitro groups is 1. The van der Waals surface area contributed by atoms with Crippen molar-refractivity contribution < 1.29 is 9.72 Å². The molecule has 0 aliphatic heterocycles. The van der Waals surface area contributed by atoms with Crippen molar-refractivity contribution in [2.24, 2.45) is 5.92 Å². The number of rotatable bonds is 8. The molecule has 0 unspecified atom stereocenters. The molecule has 0 aliphatic rings. The molecule has 2 rings (SSSR count). The van der Waals surface area contributed by atoms with Crippen molar-refractivity contribution in [1.29, 1.82) is 0 Å². The number of hydrogen-bond acceptors (Lipinski definition) is 5. The van der Waals surface area contributed by atoms with Crippen LogP contribution in [0.3, 0.4) is 0 Å². The summed E-state index contributed by atoms with van der Waals surface area (Å²) < 4.78 is 0. The SMILES string of the molecule is Cc1cc(C)c(CNC(=O)c2ccc(SCCC(C)C)c([N+](=O)[O-])c2)c(=O)[nH]1. The molecule has 28 heavy (non-hydrogen) atoms. The Morgan fingerprint density at radius 3 is 2.61 bits per heavy atom. The van der Waals surface area contributed by atoms with Gasteiger partial charge in [-0.05, 0) is 55.7 Å². The summed E-state index contributed by atoms with van der Waals surface area (Å²) in [4.78, 5) is 38.7. The minimum atomic E-state index is -0.469. The Morgan fingerprint density at radius 2 is 2.00 bits per heavy atom. The van der Waals surface area contributed by atoms with Crippen molar-refractivity contribution in [3.8, 4) is 0 Å². The molecule has 2 aromatic rings. The highest BCUT2D eigenvalue weighted by molar-refractivity contribution is 7.99. The fraction of sp³-hybridized carbons (Fsp3) is 0.400. The average Bonchev–Trinajstić information content (AvgIpc) is 2.60. The first kappa shape index (κ1) is 21.7. The summed E-state index contributed by atoms with van der Waals surface area (Å²) >= 11 is 1.42. The minimum absolute atomic E-state index is 0.0545. The van der Waals surface area contributed by atoms with E-state index in [4.69, 9.17) is 0 Å². The van der Waals surface area contributed by atoms with E-state index >= 15 is 0 Å². The Bertz CT molecular complexity index is 938. The quantitative estimate of drug-likeness (QED) is 0.394. The molecule has 0 fully saturated rings. The summed E-state index contributed by atoms with van der Waals surface area (Å²) in [7, 11) is 0. The van der Waals surface area contributed by atoms with Gasteiger partial charge in [-0.15, -0.1) is 11.8 Å². The molecule has 1 aromatic carbocycles. The first-order chi connectivity index (χ1) is 13.2. The van der Waals surface area contributed by atoms with Gasteiger partial charge in [-0.2, -0.15) is 0 Å². The zero-order valence-corrected chi connectivity index (χ0v) is 17.3. The lowest BCUT2D eigenvalue weighted by Gasteiger charge is -2.09. The highest BCUT2D eigenvalue weighted by Gasteiger charge is 2.18. The molecular weight excluding hydrogens is 378 g/mol. The number of hydrogen-bond donors (Lipinski definition) is 2. The van der Waals surface area contributed by atoms with Crippen molar-refractivity contribution in [2.75, 3.05) is 5.75 Å².